The van der Waals surface area contributed by atoms with Crippen LogP contribution < -0.4 is 4.80 Å². The summed E-state index contributed by atoms with van der Waals surface area (Å²) in [5.41, 5.74) is 3.46. The number of thioether (sulfide) groups is 1. The maximum Gasteiger partial charge on any atom is 0.248 e. The monoisotopic (exact) mass is 462 g/mol. The van der Waals surface area contributed by atoms with Gasteiger partial charge in [0, 0.05) is 18.7 Å². The molecule has 0 bridgehead atoms. The molecule has 0 aliphatic heterocycles. The van der Waals surface area contributed by atoms with Crippen molar-refractivity contribution in [2.24, 2.45) is 4.99 Å². The molecule has 0 atom stereocenters. The van der Waals surface area contributed by atoms with Crippen LogP contribution in [-0.4, -0.2) is 36.7 Å². The zero-order valence-electron chi connectivity index (χ0n) is 17.4. The fraction of sp³-hybridized carbons (Fsp3) is 0.364. The Kier molecular flexibility index (Phi) is 7.55. The van der Waals surface area contributed by atoms with Crippen molar-refractivity contribution in [3.63, 3.8) is 0 Å². The average molecular weight is 463 g/mol. The lowest BCUT2D eigenvalue weighted by atomic mass is 10.1. The van der Waals surface area contributed by atoms with Gasteiger partial charge < -0.3 is 4.57 Å². The van der Waals surface area contributed by atoms with Crippen LogP contribution in [0, 0.1) is 13.8 Å². The summed E-state index contributed by atoms with van der Waals surface area (Å²) in [6.45, 7) is 4.92. The molecule has 3 aromatic rings. The van der Waals surface area contributed by atoms with Gasteiger partial charge in [-0.15, -0.1) is 0 Å². The quantitative estimate of drug-likeness (QED) is 0.499. The summed E-state index contributed by atoms with van der Waals surface area (Å²) in [4.78, 5) is 17.8. The smallest absolute Gasteiger partial charge is 0.248 e. The number of amides is 1. The lowest BCUT2D eigenvalue weighted by molar-refractivity contribution is -0.118. The van der Waals surface area contributed by atoms with Crippen molar-refractivity contribution in [1.29, 1.82) is 0 Å². The van der Waals surface area contributed by atoms with E-state index in [0.717, 1.165) is 22.5 Å². The molecule has 1 heterocycles. The van der Waals surface area contributed by atoms with Crippen LogP contribution in [0.5, 0.6) is 0 Å². The highest BCUT2D eigenvalue weighted by molar-refractivity contribution is 7.98. The number of nitrogens with zero attached hydrogens (tertiary/aromatic N) is 2. The number of carbonyl (C=O) groups is 1. The molecular formula is C22H26N2O3S3. The minimum atomic E-state index is -3.38. The molecular weight excluding hydrogens is 436 g/mol. The summed E-state index contributed by atoms with van der Waals surface area (Å²) >= 11 is 3.27. The van der Waals surface area contributed by atoms with Gasteiger partial charge in [0.1, 0.15) is 0 Å². The van der Waals surface area contributed by atoms with Crippen LogP contribution in [0.1, 0.15) is 24.0 Å². The molecule has 0 N–H and O–H groups in total. The summed E-state index contributed by atoms with van der Waals surface area (Å²) in [6.07, 6.45) is 2.43. The maximum atomic E-state index is 12.5. The van der Waals surface area contributed by atoms with E-state index < -0.39 is 9.84 Å². The molecule has 0 unspecified atom stereocenters. The number of fused-ring (bicyclic) bond motifs is 1. The van der Waals surface area contributed by atoms with Gasteiger partial charge in [-0.05, 0) is 55.9 Å². The largest absolute Gasteiger partial charge is 0.315 e. The van der Waals surface area contributed by atoms with Crippen molar-refractivity contribution in [2.75, 3.05) is 17.8 Å². The van der Waals surface area contributed by atoms with Gasteiger partial charge >= 0.3 is 0 Å². The molecule has 0 saturated carbocycles. The Balaban J connectivity index is 1.80. The number of aryl methyl sites for hydroxylation is 3. The van der Waals surface area contributed by atoms with Gasteiger partial charge in [-0.1, -0.05) is 35.6 Å². The van der Waals surface area contributed by atoms with E-state index in [9.17, 15) is 13.2 Å². The molecule has 8 heteroatoms. The Morgan fingerprint density at radius 1 is 1.17 bits per heavy atom. The highest BCUT2D eigenvalue weighted by Gasteiger charge is 2.15. The lowest BCUT2D eigenvalue weighted by Gasteiger charge is -2.06. The SMILES string of the molecule is CSCCn1c(=NC(=O)CCCS(=O)(=O)c2ccccc2)sc2c(C)cc(C)cc21. The third-order valence-electron chi connectivity index (χ3n) is 4.76. The third kappa shape index (κ3) is 5.42. The van der Waals surface area contributed by atoms with Crippen molar-refractivity contribution >= 4 is 49.1 Å². The van der Waals surface area contributed by atoms with Crippen molar-refractivity contribution in [3.8, 4) is 0 Å². The topological polar surface area (TPSA) is 68.5 Å². The number of hydrogen-bond donors (Lipinski definition) is 0. The molecule has 3 rings (SSSR count). The first-order valence-electron chi connectivity index (χ1n) is 9.77. The van der Waals surface area contributed by atoms with E-state index in [-0.39, 0.29) is 24.5 Å². The number of benzene rings is 2. The van der Waals surface area contributed by atoms with Crippen LogP contribution in [0.4, 0.5) is 0 Å². The molecule has 0 aliphatic rings. The van der Waals surface area contributed by atoms with Gasteiger partial charge in [-0.3, -0.25) is 4.79 Å². The van der Waals surface area contributed by atoms with Crippen molar-refractivity contribution in [2.45, 2.75) is 38.1 Å². The molecule has 0 spiro atoms. The van der Waals surface area contributed by atoms with E-state index in [4.69, 9.17) is 0 Å². The lowest BCUT2D eigenvalue weighted by Crippen LogP contribution is -2.18. The number of aromatic nitrogens is 1. The second-order valence-electron chi connectivity index (χ2n) is 7.20. The van der Waals surface area contributed by atoms with Crippen LogP contribution in [0.15, 0.2) is 52.4 Å². The first-order chi connectivity index (χ1) is 14.3. The Morgan fingerprint density at radius 2 is 1.90 bits per heavy atom. The average Bonchev–Trinajstić information content (AvgIpc) is 3.04. The predicted octanol–water partition coefficient (Wildman–Crippen LogP) is 4.36. The Morgan fingerprint density at radius 3 is 2.60 bits per heavy atom. The molecule has 0 fully saturated rings. The zero-order chi connectivity index (χ0) is 21.7. The normalized spacial score (nSPS) is 12.6. The van der Waals surface area contributed by atoms with E-state index in [1.807, 2.05) is 0 Å². The molecule has 160 valence electrons. The first kappa shape index (κ1) is 22.8. The summed E-state index contributed by atoms with van der Waals surface area (Å²) in [5, 5.41) is 0. The first-order valence-corrected chi connectivity index (χ1v) is 13.6. The standard InChI is InChI=1S/C22H26N2O3S3/c1-16-14-17(2)21-19(15-16)24(11-12-28-3)22(29-21)23-20(25)10-7-13-30(26,27)18-8-5-4-6-9-18/h4-6,8-9,14-15H,7,10-13H2,1-3H3. The summed E-state index contributed by atoms with van der Waals surface area (Å²) in [5.74, 6) is 0.586. The molecule has 1 aromatic heterocycles. The van der Waals surface area contributed by atoms with Crippen molar-refractivity contribution in [3.05, 3.63) is 58.4 Å². The number of rotatable bonds is 8. The minimum Gasteiger partial charge on any atom is -0.315 e. The Hall–Kier alpha value is -1.90. The van der Waals surface area contributed by atoms with Crippen LogP contribution in [0.3, 0.4) is 0 Å². The molecule has 0 aliphatic carbocycles. The van der Waals surface area contributed by atoms with E-state index in [2.05, 4.69) is 41.8 Å². The van der Waals surface area contributed by atoms with Gasteiger partial charge in [0.05, 0.1) is 20.9 Å². The molecule has 0 saturated heterocycles. The molecule has 1 amide bonds. The fourth-order valence-corrected chi connectivity index (χ4v) is 6.14. The van der Waals surface area contributed by atoms with E-state index in [1.54, 1.807) is 42.1 Å². The molecule has 30 heavy (non-hydrogen) atoms. The van der Waals surface area contributed by atoms with Gasteiger partial charge in [0.25, 0.3) is 0 Å². The number of carbonyl (C=O) groups excluding carboxylic acids is 1. The number of hydrogen-bond acceptors (Lipinski definition) is 5. The molecule has 5 nitrogen and oxygen atoms in total. The van der Waals surface area contributed by atoms with Gasteiger partial charge in [-0.25, -0.2) is 8.42 Å². The maximum absolute atomic E-state index is 12.5. The van der Waals surface area contributed by atoms with Gasteiger partial charge in [0.15, 0.2) is 14.6 Å². The predicted molar refractivity (Wildman–Crippen MR) is 126 cm³/mol. The van der Waals surface area contributed by atoms with Crippen LogP contribution in [0.25, 0.3) is 10.2 Å². The highest BCUT2D eigenvalue weighted by atomic mass is 32.2. The van der Waals surface area contributed by atoms with Crippen molar-refractivity contribution in [1.82, 2.24) is 4.57 Å². The fourth-order valence-electron chi connectivity index (χ4n) is 3.32. The molecule has 0 radical (unpaired) electrons. The highest BCUT2D eigenvalue weighted by Crippen LogP contribution is 2.23. The zero-order valence-corrected chi connectivity index (χ0v) is 19.9. The van der Waals surface area contributed by atoms with E-state index in [0.29, 0.717) is 9.70 Å². The summed E-state index contributed by atoms with van der Waals surface area (Å²) < 4.78 is 28.0. The number of thiazole rings is 1. The van der Waals surface area contributed by atoms with E-state index >= 15 is 0 Å². The summed E-state index contributed by atoms with van der Waals surface area (Å²) in [6, 6.07) is 12.6. The van der Waals surface area contributed by atoms with Crippen molar-refractivity contribution < 1.29 is 13.2 Å². The van der Waals surface area contributed by atoms with Gasteiger partial charge in [0.2, 0.25) is 5.91 Å². The van der Waals surface area contributed by atoms with Gasteiger partial charge in [-0.2, -0.15) is 16.8 Å². The second kappa shape index (κ2) is 9.94. The second-order valence-corrected chi connectivity index (χ2v) is 11.3. The minimum absolute atomic E-state index is 0.0601. The van der Waals surface area contributed by atoms with Crippen LogP contribution in [0.2, 0.25) is 0 Å². The summed E-state index contributed by atoms with van der Waals surface area (Å²) in [7, 11) is -3.38. The Labute approximate surface area is 185 Å². The molecule has 2 aromatic carbocycles. The third-order valence-corrected chi connectivity index (χ3v) is 8.40. The van der Waals surface area contributed by atoms with Crippen LogP contribution in [-0.2, 0) is 21.2 Å². The van der Waals surface area contributed by atoms with Crippen LogP contribution >= 0.6 is 23.1 Å². The van der Waals surface area contributed by atoms with E-state index in [1.165, 1.54) is 22.5 Å². The number of sulfone groups is 1. The Bertz CT molecular complexity index is 1210.